The van der Waals surface area contributed by atoms with Gasteiger partial charge in [0.15, 0.2) is 0 Å². The third-order valence-electron chi connectivity index (χ3n) is 3.68. The molecule has 1 aliphatic rings. The molecule has 22 heavy (non-hydrogen) atoms. The molecular weight excluding hydrogens is 300 g/mol. The van der Waals surface area contributed by atoms with E-state index in [2.05, 4.69) is 10.3 Å². The third kappa shape index (κ3) is 3.35. The van der Waals surface area contributed by atoms with E-state index in [1.165, 1.54) is 11.3 Å². The summed E-state index contributed by atoms with van der Waals surface area (Å²) in [5, 5.41) is 13.0. The van der Waals surface area contributed by atoms with E-state index in [-0.39, 0.29) is 18.6 Å². The van der Waals surface area contributed by atoms with E-state index in [0.29, 0.717) is 11.4 Å². The number of aromatic nitrogens is 1. The van der Waals surface area contributed by atoms with E-state index in [1.807, 2.05) is 24.3 Å². The molecule has 1 unspecified atom stereocenters. The Bertz CT molecular complexity index is 650. The van der Waals surface area contributed by atoms with Gasteiger partial charge in [0.1, 0.15) is 16.0 Å². The number of ether oxygens (including phenoxy) is 1. The largest absolute Gasteiger partial charge is 0.392 e. The highest BCUT2D eigenvalue weighted by atomic mass is 32.1. The Balaban J connectivity index is 1.62. The maximum atomic E-state index is 12.2. The smallest absolute Gasteiger partial charge is 0.263 e. The van der Waals surface area contributed by atoms with Crippen molar-refractivity contribution < 1.29 is 14.6 Å². The van der Waals surface area contributed by atoms with E-state index in [4.69, 9.17) is 4.74 Å². The molecule has 2 N–H and O–H groups in total. The van der Waals surface area contributed by atoms with Crippen LogP contribution in [0.2, 0.25) is 0 Å². The first kappa shape index (κ1) is 15.1. The highest BCUT2D eigenvalue weighted by Gasteiger charge is 2.22. The number of nitrogens with zero attached hydrogens (tertiary/aromatic N) is 1. The summed E-state index contributed by atoms with van der Waals surface area (Å²) in [7, 11) is 0. The van der Waals surface area contributed by atoms with Crippen LogP contribution in [0, 0.1) is 0 Å². The average molecular weight is 318 g/mol. The second-order valence-corrected chi connectivity index (χ2v) is 6.24. The molecule has 1 aromatic carbocycles. The van der Waals surface area contributed by atoms with Crippen LogP contribution in [-0.4, -0.2) is 22.6 Å². The first-order valence-electron chi connectivity index (χ1n) is 7.31. The molecule has 1 fully saturated rings. The summed E-state index contributed by atoms with van der Waals surface area (Å²) in [6.07, 6.45) is 3.67. The van der Waals surface area contributed by atoms with Crippen molar-refractivity contribution in [1.29, 1.82) is 0 Å². The zero-order valence-electron chi connectivity index (χ0n) is 12.1. The van der Waals surface area contributed by atoms with Crippen LogP contribution in [0.25, 0.3) is 0 Å². The van der Waals surface area contributed by atoms with Crippen LogP contribution in [0.1, 0.15) is 44.8 Å². The number of benzene rings is 1. The predicted molar refractivity (Wildman–Crippen MR) is 83.6 cm³/mol. The van der Waals surface area contributed by atoms with Crippen molar-refractivity contribution in [2.45, 2.75) is 32.1 Å². The third-order valence-corrected chi connectivity index (χ3v) is 4.77. The van der Waals surface area contributed by atoms with Gasteiger partial charge >= 0.3 is 0 Å². The van der Waals surface area contributed by atoms with Crippen molar-refractivity contribution in [3.8, 4) is 0 Å². The summed E-state index contributed by atoms with van der Waals surface area (Å²) in [4.78, 5) is 17.1. The SMILES string of the molecule is O=C(NCc1ccccc1CO)c1cnc(C2CCCO2)s1. The summed E-state index contributed by atoms with van der Waals surface area (Å²) in [6.45, 7) is 1.13. The van der Waals surface area contributed by atoms with Crippen molar-refractivity contribution in [1.82, 2.24) is 10.3 Å². The fourth-order valence-electron chi connectivity index (χ4n) is 2.46. The Hall–Kier alpha value is -1.76. The fourth-order valence-corrected chi connectivity index (χ4v) is 3.38. The summed E-state index contributed by atoms with van der Waals surface area (Å²) < 4.78 is 5.58. The number of rotatable bonds is 5. The Kier molecular flexibility index (Phi) is 4.82. The normalized spacial score (nSPS) is 17.6. The molecule has 0 aliphatic carbocycles. The minimum Gasteiger partial charge on any atom is -0.392 e. The molecule has 1 atom stereocenters. The standard InChI is InChI=1S/C16H18N2O3S/c19-10-12-5-2-1-4-11(12)8-17-15(20)14-9-18-16(22-14)13-6-3-7-21-13/h1-2,4-5,9,13,19H,3,6-8,10H2,(H,17,20). The van der Waals surface area contributed by atoms with Crippen molar-refractivity contribution >= 4 is 17.2 Å². The molecule has 0 spiro atoms. The Morgan fingerprint density at radius 2 is 2.23 bits per heavy atom. The lowest BCUT2D eigenvalue weighted by Gasteiger charge is -2.08. The Labute approximate surface area is 133 Å². The quantitative estimate of drug-likeness (QED) is 0.888. The van der Waals surface area contributed by atoms with Gasteiger partial charge in [0.25, 0.3) is 5.91 Å². The van der Waals surface area contributed by atoms with Crippen molar-refractivity contribution in [3.63, 3.8) is 0 Å². The van der Waals surface area contributed by atoms with Gasteiger partial charge in [0.2, 0.25) is 0 Å². The summed E-state index contributed by atoms with van der Waals surface area (Å²) in [6, 6.07) is 7.51. The number of carbonyl (C=O) groups excluding carboxylic acids is 1. The van der Waals surface area contributed by atoms with Crippen LogP contribution in [0.15, 0.2) is 30.5 Å². The molecule has 6 heteroatoms. The van der Waals surface area contributed by atoms with E-state index in [1.54, 1.807) is 6.20 Å². The number of aliphatic hydroxyl groups is 1. The van der Waals surface area contributed by atoms with Crippen LogP contribution in [-0.2, 0) is 17.9 Å². The zero-order valence-corrected chi connectivity index (χ0v) is 12.9. The number of aliphatic hydroxyl groups excluding tert-OH is 1. The van der Waals surface area contributed by atoms with Crippen LogP contribution in [0.4, 0.5) is 0 Å². The lowest BCUT2D eigenvalue weighted by atomic mass is 10.1. The van der Waals surface area contributed by atoms with Gasteiger partial charge in [-0.15, -0.1) is 11.3 Å². The van der Waals surface area contributed by atoms with E-state index in [0.717, 1.165) is 35.6 Å². The summed E-state index contributed by atoms with van der Waals surface area (Å²) in [5.41, 5.74) is 1.74. The molecule has 1 saturated heterocycles. The molecule has 2 heterocycles. The number of carbonyl (C=O) groups is 1. The second-order valence-electron chi connectivity index (χ2n) is 5.17. The molecule has 1 aromatic heterocycles. The van der Waals surface area contributed by atoms with E-state index >= 15 is 0 Å². The topological polar surface area (TPSA) is 71.5 Å². The monoisotopic (exact) mass is 318 g/mol. The highest BCUT2D eigenvalue weighted by molar-refractivity contribution is 7.13. The minimum atomic E-state index is -0.144. The van der Waals surface area contributed by atoms with Crippen LogP contribution < -0.4 is 5.32 Å². The predicted octanol–water partition coefficient (Wildman–Crippen LogP) is 2.42. The lowest BCUT2D eigenvalue weighted by molar-refractivity contribution is 0.0954. The van der Waals surface area contributed by atoms with E-state index in [9.17, 15) is 9.90 Å². The number of nitrogens with one attached hydrogen (secondary N) is 1. The van der Waals surface area contributed by atoms with Gasteiger partial charge in [0, 0.05) is 13.2 Å². The second kappa shape index (κ2) is 7.00. The molecule has 1 aliphatic heterocycles. The zero-order chi connectivity index (χ0) is 15.4. The molecule has 0 saturated carbocycles. The summed E-state index contributed by atoms with van der Waals surface area (Å²) >= 11 is 1.39. The Morgan fingerprint density at radius 3 is 2.95 bits per heavy atom. The van der Waals surface area contributed by atoms with Crippen LogP contribution in [0.5, 0.6) is 0 Å². The number of hydrogen-bond donors (Lipinski definition) is 2. The first-order chi connectivity index (χ1) is 10.8. The lowest BCUT2D eigenvalue weighted by Crippen LogP contribution is -2.22. The molecule has 116 valence electrons. The van der Waals surface area contributed by atoms with Crippen LogP contribution in [0.3, 0.4) is 0 Å². The van der Waals surface area contributed by atoms with Gasteiger partial charge in [-0.05, 0) is 24.0 Å². The van der Waals surface area contributed by atoms with Gasteiger partial charge < -0.3 is 15.2 Å². The molecule has 1 amide bonds. The van der Waals surface area contributed by atoms with Gasteiger partial charge in [-0.1, -0.05) is 24.3 Å². The number of amides is 1. The number of thiazole rings is 1. The van der Waals surface area contributed by atoms with Gasteiger partial charge in [0.05, 0.1) is 12.8 Å². The van der Waals surface area contributed by atoms with Gasteiger partial charge in [-0.3, -0.25) is 4.79 Å². The molecule has 0 radical (unpaired) electrons. The van der Waals surface area contributed by atoms with Crippen molar-refractivity contribution in [3.05, 3.63) is 51.5 Å². The molecule has 3 rings (SSSR count). The highest BCUT2D eigenvalue weighted by Crippen LogP contribution is 2.31. The Morgan fingerprint density at radius 1 is 1.41 bits per heavy atom. The minimum absolute atomic E-state index is 0.0320. The van der Waals surface area contributed by atoms with Gasteiger partial charge in [-0.25, -0.2) is 4.98 Å². The van der Waals surface area contributed by atoms with Crippen LogP contribution >= 0.6 is 11.3 Å². The fraction of sp³-hybridized carbons (Fsp3) is 0.375. The first-order valence-corrected chi connectivity index (χ1v) is 8.12. The van der Waals surface area contributed by atoms with Crippen molar-refractivity contribution in [2.24, 2.45) is 0 Å². The molecule has 0 bridgehead atoms. The maximum Gasteiger partial charge on any atom is 0.263 e. The maximum absolute atomic E-state index is 12.2. The van der Waals surface area contributed by atoms with Gasteiger partial charge in [-0.2, -0.15) is 0 Å². The molecular formula is C16H18N2O3S. The van der Waals surface area contributed by atoms with Crippen molar-refractivity contribution in [2.75, 3.05) is 6.61 Å². The number of hydrogen-bond acceptors (Lipinski definition) is 5. The van der Waals surface area contributed by atoms with E-state index < -0.39 is 0 Å². The summed E-state index contributed by atoms with van der Waals surface area (Å²) in [5.74, 6) is -0.144. The molecule has 2 aromatic rings. The average Bonchev–Trinajstić information content (AvgIpc) is 3.23. The molecule has 5 nitrogen and oxygen atoms in total.